The molecule has 0 heterocycles. The summed E-state index contributed by atoms with van der Waals surface area (Å²) in [7, 11) is -4.15. The van der Waals surface area contributed by atoms with Crippen LogP contribution in [0, 0.1) is 19.8 Å². The van der Waals surface area contributed by atoms with Crippen molar-refractivity contribution in [1.29, 1.82) is 0 Å². The molecule has 0 radical (unpaired) electrons. The Hall–Kier alpha value is -4.14. The van der Waals surface area contributed by atoms with Crippen molar-refractivity contribution in [3.8, 4) is 0 Å². The topological polar surface area (TPSA) is 86.8 Å². The van der Waals surface area contributed by atoms with Crippen LogP contribution in [0.1, 0.15) is 36.1 Å². The number of anilines is 1. The first-order valence-electron chi connectivity index (χ1n) is 15.0. The van der Waals surface area contributed by atoms with Gasteiger partial charge in [0.15, 0.2) is 0 Å². The summed E-state index contributed by atoms with van der Waals surface area (Å²) in [4.78, 5) is 29.9. The van der Waals surface area contributed by atoms with E-state index in [4.69, 9.17) is 11.6 Å². The number of benzene rings is 4. The van der Waals surface area contributed by atoms with Gasteiger partial charge in [-0.05, 0) is 72.9 Å². The normalized spacial score (nSPS) is 12.0. The van der Waals surface area contributed by atoms with Gasteiger partial charge in [-0.1, -0.05) is 97.7 Å². The van der Waals surface area contributed by atoms with Gasteiger partial charge in [0, 0.05) is 24.5 Å². The Balaban J connectivity index is 1.79. The van der Waals surface area contributed by atoms with Crippen LogP contribution in [0.2, 0.25) is 5.02 Å². The number of amides is 2. The molecular formula is C36H40ClN3O4S. The van der Waals surface area contributed by atoms with Crippen molar-refractivity contribution in [2.45, 2.75) is 51.6 Å². The monoisotopic (exact) mass is 645 g/mol. The Labute approximate surface area is 271 Å². The van der Waals surface area contributed by atoms with Crippen molar-refractivity contribution in [2.75, 3.05) is 17.4 Å². The van der Waals surface area contributed by atoms with E-state index in [1.165, 1.54) is 4.90 Å². The molecule has 45 heavy (non-hydrogen) atoms. The van der Waals surface area contributed by atoms with Crippen LogP contribution in [0.3, 0.4) is 0 Å². The maximum Gasteiger partial charge on any atom is 0.264 e. The lowest BCUT2D eigenvalue weighted by Gasteiger charge is -2.34. The van der Waals surface area contributed by atoms with Crippen molar-refractivity contribution in [1.82, 2.24) is 10.2 Å². The first-order valence-corrected chi connectivity index (χ1v) is 16.8. The minimum atomic E-state index is -4.15. The van der Waals surface area contributed by atoms with Gasteiger partial charge in [0.2, 0.25) is 11.8 Å². The fraction of sp³-hybridized carbons (Fsp3) is 0.278. The van der Waals surface area contributed by atoms with Crippen LogP contribution in [-0.4, -0.2) is 44.3 Å². The first kappa shape index (κ1) is 33.7. The van der Waals surface area contributed by atoms with Crippen LogP contribution < -0.4 is 9.62 Å². The van der Waals surface area contributed by atoms with E-state index in [1.807, 2.05) is 64.1 Å². The summed E-state index contributed by atoms with van der Waals surface area (Å²) in [5, 5.41) is 3.54. The van der Waals surface area contributed by atoms with E-state index < -0.39 is 28.5 Å². The quantitative estimate of drug-likeness (QED) is 0.178. The third-order valence-electron chi connectivity index (χ3n) is 7.40. The largest absolute Gasteiger partial charge is 0.354 e. The first-order chi connectivity index (χ1) is 21.4. The van der Waals surface area contributed by atoms with E-state index in [1.54, 1.807) is 66.7 Å². The van der Waals surface area contributed by atoms with Crippen molar-refractivity contribution >= 4 is 39.1 Å². The predicted octanol–water partition coefficient (Wildman–Crippen LogP) is 6.56. The summed E-state index contributed by atoms with van der Waals surface area (Å²) in [5.74, 6) is -0.621. The molecule has 0 aromatic heterocycles. The smallest absolute Gasteiger partial charge is 0.264 e. The third-order valence-corrected chi connectivity index (χ3v) is 9.44. The number of nitrogens with zero attached hydrogens (tertiary/aromatic N) is 2. The molecule has 4 rings (SSSR count). The van der Waals surface area contributed by atoms with E-state index in [9.17, 15) is 18.0 Å². The van der Waals surface area contributed by atoms with Gasteiger partial charge < -0.3 is 10.2 Å². The van der Waals surface area contributed by atoms with Gasteiger partial charge >= 0.3 is 0 Å². The summed E-state index contributed by atoms with van der Waals surface area (Å²) in [6, 6.07) is 29.2. The molecular weight excluding hydrogens is 606 g/mol. The highest BCUT2D eigenvalue weighted by atomic mass is 35.5. The number of hydrogen-bond donors (Lipinski definition) is 1. The lowest BCUT2D eigenvalue weighted by molar-refractivity contribution is -0.140. The molecule has 4 aromatic carbocycles. The number of sulfonamides is 1. The van der Waals surface area contributed by atoms with Gasteiger partial charge in [-0.15, -0.1) is 0 Å². The molecule has 236 valence electrons. The van der Waals surface area contributed by atoms with E-state index >= 15 is 0 Å². The summed E-state index contributed by atoms with van der Waals surface area (Å²) in [5.41, 5.74) is 3.75. The number of nitrogens with one attached hydrogen (secondary N) is 1. The Morgan fingerprint density at radius 1 is 0.800 bits per heavy atom. The molecule has 1 atom stereocenters. The molecule has 4 aromatic rings. The fourth-order valence-corrected chi connectivity index (χ4v) is 6.44. The lowest BCUT2D eigenvalue weighted by Crippen LogP contribution is -2.53. The average Bonchev–Trinajstić information content (AvgIpc) is 3.01. The molecule has 0 saturated carbocycles. The van der Waals surface area contributed by atoms with Crippen LogP contribution in [-0.2, 0) is 32.6 Å². The van der Waals surface area contributed by atoms with E-state index in [0.717, 1.165) is 26.6 Å². The van der Waals surface area contributed by atoms with Crippen molar-refractivity contribution in [3.63, 3.8) is 0 Å². The number of aryl methyl sites for hydroxylation is 2. The molecule has 0 unspecified atom stereocenters. The fourth-order valence-electron chi connectivity index (χ4n) is 4.91. The Bertz CT molecular complexity index is 1690. The Morgan fingerprint density at radius 2 is 1.47 bits per heavy atom. The average molecular weight is 646 g/mol. The van der Waals surface area contributed by atoms with Crippen LogP contribution in [0.15, 0.2) is 108 Å². The zero-order valence-corrected chi connectivity index (χ0v) is 27.7. The van der Waals surface area contributed by atoms with Gasteiger partial charge in [-0.3, -0.25) is 13.9 Å². The number of hydrogen-bond acceptors (Lipinski definition) is 4. The van der Waals surface area contributed by atoms with E-state index in [2.05, 4.69) is 5.32 Å². The molecule has 9 heteroatoms. The molecule has 0 bridgehead atoms. The van der Waals surface area contributed by atoms with Gasteiger partial charge in [-0.2, -0.15) is 0 Å². The van der Waals surface area contributed by atoms with Gasteiger partial charge in [-0.25, -0.2) is 8.42 Å². The maximum atomic E-state index is 14.5. The van der Waals surface area contributed by atoms with Crippen molar-refractivity contribution in [3.05, 3.63) is 130 Å². The zero-order chi connectivity index (χ0) is 32.6. The minimum Gasteiger partial charge on any atom is -0.354 e. The van der Waals surface area contributed by atoms with Crippen molar-refractivity contribution < 1.29 is 18.0 Å². The second kappa shape index (κ2) is 15.2. The van der Waals surface area contributed by atoms with E-state index in [-0.39, 0.29) is 29.7 Å². The predicted molar refractivity (Wildman–Crippen MR) is 181 cm³/mol. The highest BCUT2D eigenvalue weighted by molar-refractivity contribution is 7.92. The minimum absolute atomic E-state index is 0.0715. The Kier molecular flexibility index (Phi) is 11.4. The molecule has 0 spiro atoms. The molecule has 1 N–H and O–H groups in total. The summed E-state index contributed by atoms with van der Waals surface area (Å²) < 4.78 is 29.4. The molecule has 0 aliphatic carbocycles. The maximum absolute atomic E-state index is 14.5. The highest BCUT2D eigenvalue weighted by Gasteiger charge is 2.34. The molecule has 2 amide bonds. The zero-order valence-electron chi connectivity index (χ0n) is 26.1. The highest BCUT2D eigenvalue weighted by Crippen LogP contribution is 2.26. The van der Waals surface area contributed by atoms with Crippen LogP contribution in [0.25, 0.3) is 0 Å². The second-order valence-electron chi connectivity index (χ2n) is 11.7. The number of halogens is 1. The van der Waals surface area contributed by atoms with Crippen LogP contribution >= 0.6 is 11.6 Å². The summed E-state index contributed by atoms with van der Waals surface area (Å²) in [6.07, 6.45) is 0.249. The SMILES string of the molecule is Cc1ccc(S(=O)(=O)N(CC(=O)N(Cc2ccc(Cl)cc2)[C@@H](Cc2ccccc2)C(=O)NCC(C)C)c2cccc(C)c2)cc1. The molecule has 7 nitrogen and oxygen atoms in total. The molecule has 0 fully saturated rings. The third kappa shape index (κ3) is 9.19. The number of rotatable bonds is 13. The standard InChI is InChI=1S/C36H40ClN3O4S/c1-26(2)23-38-36(42)34(22-29-10-6-5-7-11-29)39(24-30-15-17-31(37)18-16-30)35(41)25-40(32-12-8-9-28(4)21-32)45(43,44)33-19-13-27(3)14-20-33/h5-21,26,34H,22-25H2,1-4H3,(H,38,42)/t34-/m0/s1. The Morgan fingerprint density at radius 3 is 2.09 bits per heavy atom. The molecule has 0 aliphatic rings. The lowest BCUT2D eigenvalue weighted by atomic mass is 10.0. The van der Waals surface area contributed by atoms with Crippen molar-refractivity contribution in [2.24, 2.45) is 5.92 Å². The van der Waals surface area contributed by atoms with Crippen LogP contribution in [0.5, 0.6) is 0 Å². The van der Waals surface area contributed by atoms with E-state index in [0.29, 0.717) is 17.3 Å². The number of carbonyl (C=O) groups is 2. The number of carbonyl (C=O) groups excluding carboxylic acids is 2. The van der Waals surface area contributed by atoms with Gasteiger partial charge in [0.1, 0.15) is 12.6 Å². The summed E-state index contributed by atoms with van der Waals surface area (Å²) >= 11 is 6.15. The van der Waals surface area contributed by atoms with Crippen LogP contribution in [0.4, 0.5) is 5.69 Å². The molecule has 0 saturated heterocycles. The summed E-state index contributed by atoms with van der Waals surface area (Å²) in [6.45, 7) is 7.75. The molecule has 0 aliphatic heterocycles. The van der Waals surface area contributed by atoms with Gasteiger partial charge in [0.25, 0.3) is 10.0 Å². The second-order valence-corrected chi connectivity index (χ2v) is 14.0. The van der Waals surface area contributed by atoms with Gasteiger partial charge in [0.05, 0.1) is 10.6 Å².